The van der Waals surface area contributed by atoms with E-state index in [0.717, 1.165) is 29.1 Å². The van der Waals surface area contributed by atoms with Crippen molar-refractivity contribution in [3.8, 4) is 0 Å². The van der Waals surface area contributed by atoms with E-state index in [9.17, 15) is 9.59 Å². The van der Waals surface area contributed by atoms with Crippen molar-refractivity contribution in [3.63, 3.8) is 0 Å². The van der Waals surface area contributed by atoms with Crippen LogP contribution in [0.1, 0.15) is 30.4 Å². The number of aryl methyl sites for hydroxylation is 1. The average molecular weight is 396 g/mol. The van der Waals surface area contributed by atoms with Gasteiger partial charge in [0.1, 0.15) is 5.70 Å². The Morgan fingerprint density at radius 1 is 1.00 bits per heavy atom. The number of piperidine rings is 1. The normalized spacial score (nSPS) is 18.7. The highest BCUT2D eigenvalue weighted by molar-refractivity contribution is 6.32. The van der Waals surface area contributed by atoms with Crippen LogP contribution < -0.4 is 15.1 Å². The molecule has 0 atom stereocenters. The van der Waals surface area contributed by atoms with Gasteiger partial charge in [0.25, 0.3) is 5.91 Å². The second-order valence-corrected chi connectivity index (χ2v) is 7.63. The molecule has 28 heavy (non-hydrogen) atoms. The highest BCUT2D eigenvalue weighted by Crippen LogP contribution is 2.27. The summed E-state index contributed by atoms with van der Waals surface area (Å²) < 4.78 is 0. The van der Waals surface area contributed by atoms with E-state index in [1.807, 2.05) is 13.0 Å². The molecule has 0 radical (unpaired) electrons. The van der Waals surface area contributed by atoms with E-state index in [1.54, 1.807) is 30.3 Å². The van der Waals surface area contributed by atoms with Gasteiger partial charge in [-0.25, -0.2) is 9.69 Å². The van der Waals surface area contributed by atoms with Crippen molar-refractivity contribution >= 4 is 41.0 Å². The van der Waals surface area contributed by atoms with Gasteiger partial charge < -0.3 is 10.2 Å². The number of nitrogens with zero attached hydrogens (tertiary/aromatic N) is 2. The summed E-state index contributed by atoms with van der Waals surface area (Å²) in [5.41, 5.74) is 3.91. The number of halogens is 1. The monoisotopic (exact) mass is 395 g/mol. The number of nitrogens with one attached hydrogen (secondary N) is 1. The van der Waals surface area contributed by atoms with Crippen LogP contribution in [0, 0.1) is 6.92 Å². The lowest BCUT2D eigenvalue weighted by atomic mass is 10.0. The Kier molecular flexibility index (Phi) is 5.09. The van der Waals surface area contributed by atoms with Crippen LogP contribution in [0.2, 0.25) is 5.02 Å². The second kappa shape index (κ2) is 7.68. The summed E-state index contributed by atoms with van der Waals surface area (Å²) >= 11 is 6.00. The van der Waals surface area contributed by atoms with Crippen LogP contribution in [-0.2, 0) is 4.79 Å². The largest absolute Gasteiger partial charge is 0.372 e. The lowest BCUT2D eigenvalue weighted by Gasteiger charge is -2.29. The Balaban J connectivity index is 1.59. The fourth-order valence-corrected chi connectivity index (χ4v) is 3.90. The molecule has 6 heteroatoms. The summed E-state index contributed by atoms with van der Waals surface area (Å²) in [6.45, 7) is 4.20. The first-order valence-corrected chi connectivity index (χ1v) is 9.89. The van der Waals surface area contributed by atoms with Crippen LogP contribution in [0.5, 0.6) is 0 Å². The topological polar surface area (TPSA) is 52.7 Å². The number of urea groups is 1. The van der Waals surface area contributed by atoms with E-state index in [1.165, 1.54) is 24.9 Å². The zero-order valence-corrected chi connectivity index (χ0v) is 16.5. The molecule has 4 rings (SSSR count). The molecule has 2 aliphatic rings. The Morgan fingerprint density at radius 3 is 2.50 bits per heavy atom. The van der Waals surface area contributed by atoms with Gasteiger partial charge in [-0.2, -0.15) is 0 Å². The number of carbonyl (C=O) groups is 2. The van der Waals surface area contributed by atoms with Crippen molar-refractivity contribution in [1.29, 1.82) is 0 Å². The summed E-state index contributed by atoms with van der Waals surface area (Å²) in [5.74, 6) is -0.383. The third-order valence-corrected chi connectivity index (χ3v) is 5.45. The van der Waals surface area contributed by atoms with E-state index >= 15 is 0 Å². The van der Waals surface area contributed by atoms with Gasteiger partial charge in [-0.3, -0.25) is 4.79 Å². The summed E-state index contributed by atoms with van der Waals surface area (Å²) in [6.07, 6.45) is 5.49. The Morgan fingerprint density at radius 2 is 1.79 bits per heavy atom. The zero-order valence-electron chi connectivity index (χ0n) is 15.7. The van der Waals surface area contributed by atoms with Crippen molar-refractivity contribution in [2.75, 3.05) is 22.9 Å². The van der Waals surface area contributed by atoms with Crippen LogP contribution in [0.3, 0.4) is 0 Å². The van der Waals surface area contributed by atoms with Gasteiger partial charge in [0, 0.05) is 23.8 Å². The van der Waals surface area contributed by atoms with Crippen molar-refractivity contribution in [2.24, 2.45) is 0 Å². The molecule has 144 valence electrons. The molecule has 2 aromatic carbocycles. The molecule has 5 nitrogen and oxygen atoms in total. The first-order chi connectivity index (χ1) is 13.5. The maximum atomic E-state index is 12.8. The fourth-order valence-electron chi connectivity index (χ4n) is 3.71. The quantitative estimate of drug-likeness (QED) is 0.603. The third-order valence-electron chi connectivity index (χ3n) is 5.22. The second-order valence-electron chi connectivity index (χ2n) is 7.20. The van der Waals surface area contributed by atoms with Gasteiger partial charge in [-0.05, 0) is 73.7 Å². The summed E-state index contributed by atoms with van der Waals surface area (Å²) in [4.78, 5) is 28.6. The number of benzene rings is 2. The predicted octanol–water partition coefficient (Wildman–Crippen LogP) is 4.74. The molecular formula is C22H22ClN3O2. The van der Waals surface area contributed by atoms with E-state index in [0.29, 0.717) is 10.7 Å². The van der Waals surface area contributed by atoms with E-state index in [2.05, 4.69) is 22.3 Å². The predicted molar refractivity (Wildman–Crippen MR) is 113 cm³/mol. The third kappa shape index (κ3) is 3.62. The SMILES string of the molecule is Cc1cc(N2CCCCC2)ccc1/C=C1/NC(=O)N(c2cccc(Cl)c2)C1=O. The molecule has 0 aromatic heterocycles. The summed E-state index contributed by atoms with van der Waals surface area (Å²) in [5, 5.41) is 3.14. The first-order valence-electron chi connectivity index (χ1n) is 9.51. The van der Waals surface area contributed by atoms with E-state index < -0.39 is 6.03 Å². The molecule has 1 N–H and O–H groups in total. The molecule has 2 saturated heterocycles. The van der Waals surface area contributed by atoms with Crippen LogP contribution >= 0.6 is 11.6 Å². The van der Waals surface area contributed by atoms with Crippen molar-refractivity contribution in [1.82, 2.24) is 5.32 Å². The number of hydrogen-bond acceptors (Lipinski definition) is 3. The zero-order chi connectivity index (χ0) is 19.7. The fraction of sp³-hybridized carbons (Fsp3) is 0.273. The number of hydrogen-bond donors (Lipinski definition) is 1. The maximum Gasteiger partial charge on any atom is 0.333 e. The van der Waals surface area contributed by atoms with Crippen LogP contribution in [0.25, 0.3) is 6.08 Å². The lowest BCUT2D eigenvalue weighted by molar-refractivity contribution is -0.113. The lowest BCUT2D eigenvalue weighted by Crippen LogP contribution is -2.30. The summed E-state index contributed by atoms with van der Waals surface area (Å²) in [7, 11) is 0. The van der Waals surface area contributed by atoms with Gasteiger partial charge in [-0.1, -0.05) is 23.7 Å². The molecule has 0 spiro atoms. The van der Waals surface area contributed by atoms with Crippen molar-refractivity contribution in [3.05, 3.63) is 64.3 Å². The summed E-state index contributed by atoms with van der Waals surface area (Å²) in [6, 6.07) is 12.5. The van der Waals surface area contributed by atoms with E-state index in [4.69, 9.17) is 11.6 Å². The van der Waals surface area contributed by atoms with Gasteiger partial charge in [-0.15, -0.1) is 0 Å². The highest BCUT2D eigenvalue weighted by atomic mass is 35.5. The average Bonchev–Trinajstić information content (AvgIpc) is 2.97. The molecule has 2 fully saturated rings. The molecule has 0 unspecified atom stereocenters. The van der Waals surface area contributed by atoms with E-state index in [-0.39, 0.29) is 11.6 Å². The highest BCUT2D eigenvalue weighted by Gasteiger charge is 2.35. The number of anilines is 2. The van der Waals surface area contributed by atoms with Gasteiger partial charge in [0.2, 0.25) is 0 Å². The van der Waals surface area contributed by atoms with Gasteiger partial charge in [0.15, 0.2) is 0 Å². The first kappa shape index (κ1) is 18.6. The minimum Gasteiger partial charge on any atom is -0.372 e. The Labute approximate surface area is 169 Å². The Hall–Kier alpha value is -2.79. The van der Waals surface area contributed by atoms with Crippen LogP contribution in [0.15, 0.2) is 48.2 Å². The van der Waals surface area contributed by atoms with Crippen molar-refractivity contribution in [2.45, 2.75) is 26.2 Å². The molecule has 2 heterocycles. The number of amides is 3. The number of imide groups is 1. The van der Waals surface area contributed by atoms with Crippen LogP contribution in [-0.4, -0.2) is 25.0 Å². The molecule has 0 saturated carbocycles. The molecular weight excluding hydrogens is 374 g/mol. The molecule has 3 amide bonds. The maximum absolute atomic E-state index is 12.8. The number of rotatable bonds is 3. The minimum atomic E-state index is -0.471. The standard InChI is InChI=1S/C22H22ClN3O2/c1-15-12-18(25-10-3-2-4-11-25)9-8-16(15)13-20-21(27)26(22(28)24-20)19-7-5-6-17(23)14-19/h5-9,12-14H,2-4,10-11H2,1H3,(H,24,28)/b20-13+. The molecule has 2 aliphatic heterocycles. The number of carbonyl (C=O) groups excluding carboxylic acids is 2. The minimum absolute atomic E-state index is 0.263. The van der Waals surface area contributed by atoms with Crippen LogP contribution in [0.4, 0.5) is 16.2 Å². The van der Waals surface area contributed by atoms with Gasteiger partial charge in [0.05, 0.1) is 5.69 Å². The Bertz CT molecular complexity index is 964. The van der Waals surface area contributed by atoms with Crippen molar-refractivity contribution < 1.29 is 9.59 Å². The molecule has 2 aromatic rings. The smallest absolute Gasteiger partial charge is 0.333 e. The molecule has 0 bridgehead atoms. The molecule has 0 aliphatic carbocycles. The van der Waals surface area contributed by atoms with Gasteiger partial charge >= 0.3 is 6.03 Å².